The number of hydrogen-bond donors (Lipinski definition) is 1. The van der Waals surface area contributed by atoms with Crippen LogP contribution in [0.3, 0.4) is 0 Å². The lowest BCUT2D eigenvalue weighted by atomic mass is 10.1. The van der Waals surface area contributed by atoms with Gasteiger partial charge >= 0.3 is 0 Å². The van der Waals surface area contributed by atoms with Gasteiger partial charge in [-0.15, -0.1) is 0 Å². The van der Waals surface area contributed by atoms with Crippen LogP contribution in [0.4, 0.5) is 5.82 Å². The summed E-state index contributed by atoms with van der Waals surface area (Å²) in [6, 6.07) is 11.1. The predicted octanol–water partition coefficient (Wildman–Crippen LogP) is 3.02. The van der Waals surface area contributed by atoms with E-state index in [4.69, 9.17) is 10.7 Å². The summed E-state index contributed by atoms with van der Waals surface area (Å²) in [5.74, 6) is 2.26. The molecule has 1 saturated heterocycles. The average Bonchev–Trinajstić information content (AvgIpc) is 2.49. The lowest BCUT2D eigenvalue weighted by Crippen LogP contribution is -2.45. The van der Waals surface area contributed by atoms with E-state index in [1.807, 2.05) is 11.8 Å². The Morgan fingerprint density at radius 3 is 2.95 bits per heavy atom. The van der Waals surface area contributed by atoms with Crippen LogP contribution < -0.4 is 10.6 Å². The highest BCUT2D eigenvalue weighted by molar-refractivity contribution is 8.00. The van der Waals surface area contributed by atoms with Crippen LogP contribution in [0.15, 0.2) is 30.3 Å². The molecule has 1 aromatic carbocycles. The minimum atomic E-state index is 0.490. The van der Waals surface area contributed by atoms with Crippen LogP contribution in [-0.2, 0) is 6.54 Å². The molecule has 3 nitrogen and oxygen atoms in total. The van der Waals surface area contributed by atoms with Gasteiger partial charge < -0.3 is 10.6 Å². The van der Waals surface area contributed by atoms with Gasteiger partial charge in [0.1, 0.15) is 5.82 Å². The van der Waals surface area contributed by atoms with Crippen molar-refractivity contribution in [3.8, 4) is 0 Å². The van der Waals surface area contributed by atoms with E-state index in [1.165, 1.54) is 10.8 Å². The molecule has 1 fully saturated rings. The second-order valence-electron chi connectivity index (χ2n) is 5.37. The normalized spacial score (nSPS) is 23.2. The number of nitrogens with two attached hydrogens (primary N) is 1. The molecule has 3 rings (SSSR count). The third-order valence-corrected chi connectivity index (χ3v) is 5.48. The van der Waals surface area contributed by atoms with Crippen molar-refractivity contribution in [2.45, 2.75) is 31.7 Å². The molecule has 0 radical (unpaired) electrons. The molecular weight excluding hydrogens is 266 g/mol. The molecule has 2 N–H and O–H groups in total. The zero-order valence-corrected chi connectivity index (χ0v) is 12.9. The first-order valence-electron chi connectivity index (χ1n) is 7.17. The fourth-order valence-corrected chi connectivity index (χ4v) is 3.89. The molecule has 1 aliphatic rings. The Labute approximate surface area is 124 Å². The van der Waals surface area contributed by atoms with Gasteiger partial charge in [-0.3, -0.25) is 0 Å². The Hall–Kier alpha value is -1.26. The zero-order chi connectivity index (χ0) is 14.1. The maximum atomic E-state index is 5.82. The van der Waals surface area contributed by atoms with E-state index < -0.39 is 0 Å². The van der Waals surface area contributed by atoms with E-state index in [2.05, 4.69) is 49.1 Å². The Kier molecular flexibility index (Phi) is 3.85. The third kappa shape index (κ3) is 2.38. The van der Waals surface area contributed by atoms with Gasteiger partial charge in [0, 0.05) is 35.5 Å². The molecule has 1 aliphatic heterocycles. The Morgan fingerprint density at radius 2 is 2.15 bits per heavy atom. The number of benzene rings is 1. The number of nitrogens with zero attached hydrogens (tertiary/aromatic N) is 2. The molecule has 1 aromatic heterocycles. The summed E-state index contributed by atoms with van der Waals surface area (Å²) in [7, 11) is 0. The van der Waals surface area contributed by atoms with Crippen molar-refractivity contribution in [2.24, 2.45) is 5.73 Å². The summed E-state index contributed by atoms with van der Waals surface area (Å²) in [4.78, 5) is 7.27. The number of rotatable bonds is 2. The molecular formula is C16H21N3S. The number of hydrogen-bond acceptors (Lipinski definition) is 4. The molecule has 2 aromatic rings. The highest BCUT2D eigenvalue weighted by Crippen LogP contribution is 2.32. The van der Waals surface area contributed by atoms with E-state index >= 15 is 0 Å². The Balaban J connectivity index is 2.13. The van der Waals surface area contributed by atoms with E-state index in [9.17, 15) is 0 Å². The van der Waals surface area contributed by atoms with Crippen molar-refractivity contribution in [3.63, 3.8) is 0 Å². The van der Waals surface area contributed by atoms with Gasteiger partial charge in [-0.25, -0.2) is 4.98 Å². The first-order valence-corrected chi connectivity index (χ1v) is 8.22. The summed E-state index contributed by atoms with van der Waals surface area (Å²) in [5.41, 5.74) is 6.79. The molecule has 20 heavy (non-hydrogen) atoms. The summed E-state index contributed by atoms with van der Waals surface area (Å²) >= 11 is 2.05. The lowest BCUT2D eigenvalue weighted by Gasteiger charge is -2.39. The van der Waals surface area contributed by atoms with E-state index in [0.717, 1.165) is 23.8 Å². The van der Waals surface area contributed by atoms with Crippen molar-refractivity contribution in [1.29, 1.82) is 0 Å². The van der Waals surface area contributed by atoms with Crippen molar-refractivity contribution < 1.29 is 0 Å². The van der Waals surface area contributed by atoms with Crippen LogP contribution in [0.2, 0.25) is 0 Å². The van der Waals surface area contributed by atoms with Crippen LogP contribution in [0.5, 0.6) is 0 Å². The fourth-order valence-electron chi connectivity index (χ4n) is 2.79. The molecule has 106 valence electrons. The lowest BCUT2D eigenvalue weighted by molar-refractivity contribution is 0.621. The quantitative estimate of drug-likeness (QED) is 0.922. The van der Waals surface area contributed by atoms with Gasteiger partial charge in [-0.2, -0.15) is 11.8 Å². The number of fused-ring (bicyclic) bond motifs is 1. The second kappa shape index (κ2) is 5.62. The highest BCUT2D eigenvalue weighted by Gasteiger charge is 2.27. The van der Waals surface area contributed by atoms with Crippen molar-refractivity contribution in [1.82, 2.24) is 4.98 Å². The summed E-state index contributed by atoms with van der Waals surface area (Å²) in [5, 5.41) is 3.09. The molecule has 0 saturated carbocycles. The Bertz CT molecular complexity index is 614. The SMILES string of the molecule is CC1SCCN(c2nc(CN)cc3ccccc23)C1C. The van der Waals surface area contributed by atoms with Gasteiger partial charge in [0.2, 0.25) is 0 Å². The van der Waals surface area contributed by atoms with Crippen LogP contribution in [-0.4, -0.2) is 28.6 Å². The number of pyridine rings is 1. The van der Waals surface area contributed by atoms with Gasteiger partial charge in [0.25, 0.3) is 0 Å². The first-order chi connectivity index (χ1) is 9.70. The van der Waals surface area contributed by atoms with E-state index in [-0.39, 0.29) is 0 Å². The van der Waals surface area contributed by atoms with E-state index in [0.29, 0.717) is 17.8 Å². The molecule has 2 heterocycles. The fraction of sp³-hybridized carbons (Fsp3) is 0.438. The van der Waals surface area contributed by atoms with Crippen LogP contribution >= 0.6 is 11.8 Å². The summed E-state index contributed by atoms with van der Waals surface area (Å²) < 4.78 is 0. The van der Waals surface area contributed by atoms with Crippen molar-refractivity contribution in [3.05, 3.63) is 36.0 Å². The first kappa shape index (κ1) is 13.7. The zero-order valence-electron chi connectivity index (χ0n) is 12.0. The number of anilines is 1. The standard InChI is InChI=1S/C16H21N3S/c1-11-12(2)20-8-7-19(11)16-15-6-4-3-5-13(15)9-14(10-17)18-16/h3-6,9,11-12H,7-8,10,17H2,1-2H3. The number of aromatic nitrogens is 1. The molecule has 2 atom stereocenters. The monoisotopic (exact) mass is 287 g/mol. The van der Waals surface area contributed by atoms with Gasteiger partial charge in [0.15, 0.2) is 0 Å². The summed E-state index contributed by atoms with van der Waals surface area (Å²) in [6.07, 6.45) is 0. The minimum Gasteiger partial charge on any atom is -0.351 e. The maximum absolute atomic E-state index is 5.82. The molecule has 0 spiro atoms. The minimum absolute atomic E-state index is 0.490. The largest absolute Gasteiger partial charge is 0.351 e. The van der Waals surface area contributed by atoms with Crippen LogP contribution in [0, 0.1) is 0 Å². The molecule has 0 amide bonds. The smallest absolute Gasteiger partial charge is 0.137 e. The highest BCUT2D eigenvalue weighted by atomic mass is 32.2. The maximum Gasteiger partial charge on any atom is 0.137 e. The number of thioether (sulfide) groups is 1. The second-order valence-corrected chi connectivity index (χ2v) is 6.86. The third-order valence-electron chi connectivity index (χ3n) is 4.14. The van der Waals surface area contributed by atoms with Crippen molar-refractivity contribution >= 4 is 28.4 Å². The van der Waals surface area contributed by atoms with Gasteiger partial charge in [0.05, 0.1) is 5.69 Å². The molecule has 0 aliphatic carbocycles. The van der Waals surface area contributed by atoms with Gasteiger partial charge in [-0.1, -0.05) is 31.2 Å². The average molecular weight is 287 g/mol. The molecule has 4 heteroatoms. The van der Waals surface area contributed by atoms with Crippen LogP contribution in [0.25, 0.3) is 10.8 Å². The Morgan fingerprint density at radius 1 is 1.35 bits per heavy atom. The van der Waals surface area contributed by atoms with Crippen molar-refractivity contribution in [2.75, 3.05) is 17.2 Å². The summed E-state index contributed by atoms with van der Waals surface area (Å²) in [6.45, 7) is 6.14. The molecule has 0 bridgehead atoms. The van der Waals surface area contributed by atoms with Gasteiger partial charge in [-0.05, 0) is 18.4 Å². The van der Waals surface area contributed by atoms with E-state index in [1.54, 1.807) is 0 Å². The topological polar surface area (TPSA) is 42.2 Å². The van der Waals surface area contributed by atoms with Crippen LogP contribution in [0.1, 0.15) is 19.5 Å². The molecule has 2 unspecified atom stereocenters. The predicted molar refractivity (Wildman–Crippen MR) is 88.4 cm³/mol.